The summed E-state index contributed by atoms with van der Waals surface area (Å²) in [5.41, 5.74) is 0.749. The molecule has 1 unspecified atom stereocenters. The highest BCUT2D eigenvalue weighted by molar-refractivity contribution is 5.81. The lowest BCUT2D eigenvalue weighted by Gasteiger charge is -2.31. The number of hydrogen-bond acceptors (Lipinski definition) is 3. The molecule has 1 atom stereocenters. The van der Waals surface area contributed by atoms with Crippen molar-refractivity contribution in [1.29, 1.82) is 0 Å². The number of piperidine rings is 1. The molecule has 5 heteroatoms. The van der Waals surface area contributed by atoms with Crippen LogP contribution in [-0.4, -0.2) is 41.5 Å². The first-order chi connectivity index (χ1) is 9.66. The molecule has 2 heterocycles. The highest BCUT2D eigenvalue weighted by atomic mass is 16.2. The maximum atomic E-state index is 12.1. The van der Waals surface area contributed by atoms with Gasteiger partial charge in [0.15, 0.2) is 0 Å². The smallest absolute Gasteiger partial charge is 0.248 e. The molecule has 0 spiro atoms. The van der Waals surface area contributed by atoms with Crippen LogP contribution in [0.3, 0.4) is 0 Å². The summed E-state index contributed by atoms with van der Waals surface area (Å²) >= 11 is 0. The molecule has 1 aromatic heterocycles. The van der Waals surface area contributed by atoms with Gasteiger partial charge in [-0.2, -0.15) is 0 Å². The minimum Gasteiger partial charge on any atom is -0.354 e. The number of nitrogens with zero attached hydrogens (tertiary/aromatic N) is 1. The maximum absolute atomic E-state index is 12.1. The topological polar surface area (TPSA) is 65.2 Å². The third-order valence-electron chi connectivity index (χ3n) is 3.84. The molecule has 1 fully saturated rings. The molecule has 0 aliphatic carbocycles. The van der Waals surface area contributed by atoms with Gasteiger partial charge in [-0.25, -0.2) is 0 Å². The number of nitrogens with one attached hydrogen (secondary N) is 2. The summed E-state index contributed by atoms with van der Waals surface area (Å²) in [6.45, 7) is 4.54. The summed E-state index contributed by atoms with van der Waals surface area (Å²) in [6, 6.07) is 5.01. The second-order valence-electron chi connectivity index (χ2n) is 5.35. The van der Waals surface area contributed by atoms with Crippen molar-refractivity contribution < 1.29 is 4.79 Å². The first-order valence-corrected chi connectivity index (χ1v) is 7.37. The Labute approximate surface area is 119 Å². The summed E-state index contributed by atoms with van der Waals surface area (Å²) in [7, 11) is 0. The first kappa shape index (κ1) is 14.8. The Balaban J connectivity index is 1.75. The Morgan fingerprint density at radius 2 is 2.10 bits per heavy atom. The number of carbonyl (C=O) groups excluding carboxylic acids is 1. The molecule has 1 saturated heterocycles. The van der Waals surface area contributed by atoms with E-state index in [9.17, 15) is 9.59 Å². The number of aromatic nitrogens is 1. The van der Waals surface area contributed by atoms with E-state index in [1.54, 1.807) is 6.07 Å². The lowest BCUT2D eigenvalue weighted by molar-refractivity contribution is -0.126. The standard InChI is InChI=1S/C15H23N3O2/c1-12(18-10-3-2-4-11-18)15(20)16-9-8-13-6-5-7-14(19)17-13/h5-7,12H,2-4,8-11H2,1H3,(H,16,20)(H,17,19). The Kier molecular flexibility index (Phi) is 5.35. The fourth-order valence-electron chi connectivity index (χ4n) is 2.58. The Hall–Kier alpha value is -1.62. The maximum Gasteiger partial charge on any atom is 0.248 e. The third-order valence-corrected chi connectivity index (χ3v) is 3.84. The van der Waals surface area contributed by atoms with E-state index in [0.29, 0.717) is 13.0 Å². The molecule has 110 valence electrons. The number of rotatable bonds is 5. The van der Waals surface area contributed by atoms with Crippen LogP contribution >= 0.6 is 0 Å². The fraction of sp³-hybridized carbons (Fsp3) is 0.600. The van der Waals surface area contributed by atoms with Gasteiger partial charge in [-0.05, 0) is 38.9 Å². The molecule has 2 N–H and O–H groups in total. The molecule has 1 aromatic rings. The Morgan fingerprint density at radius 3 is 2.80 bits per heavy atom. The van der Waals surface area contributed by atoms with Crippen molar-refractivity contribution in [3.63, 3.8) is 0 Å². The van der Waals surface area contributed by atoms with Gasteiger partial charge in [0.25, 0.3) is 0 Å². The van der Waals surface area contributed by atoms with Crippen LogP contribution < -0.4 is 10.9 Å². The number of aromatic amines is 1. The van der Waals surface area contributed by atoms with Crippen LogP contribution in [-0.2, 0) is 11.2 Å². The van der Waals surface area contributed by atoms with Gasteiger partial charge in [0.1, 0.15) is 0 Å². The van der Waals surface area contributed by atoms with Crippen LogP contribution in [0.15, 0.2) is 23.0 Å². The summed E-state index contributed by atoms with van der Waals surface area (Å²) in [5.74, 6) is 0.0742. The number of amides is 1. The zero-order chi connectivity index (χ0) is 14.4. The molecule has 0 radical (unpaired) electrons. The first-order valence-electron chi connectivity index (χ1n) is 7.37. The average molecular weight is 277 g/mol. The molecule has 1 aliphatic heterocycles. The second kappa shape index (κ2) is 7.24. The Bertz CT molecular complexity index is 492. The summed E-state index contributed by atoms with van der Waals surface area (Å²) < 4.78 is 0. The molecule has 1 amide bonds. The zero-order valence-electron chi connectivity index (χ0n) is 12.0. The lowest BCUT2D eigenvalue weighted by atomic mass is 10.1. The molecule has 0 saturated carbocycles. The monoisotopic (exact) mass is 277 g/mol. The SMILES string of the molecule is CC(C(=O)NCCc1cccc(=O)[nH]1)N1CCCCC1. The van der Waals surface area contributed by atoms with E-state index in [1.807, 2.05) is 13.0 Å². The van der Waals surface area contributed by atoms with Crippen molar-refractivity contribution >= 4 is 5.91 Å². The van der Waals surface area contributed by atoms with E-state index in [0.717, 1.165) is 18.8 Å². The average Bonchev–Trinajstić information content (AvgIpc) is 2.47. The van der Waals surface area contributed by atoms with Crippen molar-refractivity contribution in [3.05, 3.63) is 34.2 Å². The summed E-state index contributed by atoms with van der Waals surface area (Å²) in [6.07, 6.45) is 4.28. The lowest BCUT2D eigenvalue weighted by Crippen LogP contribution is -2.47. The van der Waals surface area contributed by atoms with Crippen LogP contribution in [0.25, 0.3) is 0 Å². The van der Waals surface area contributed by atoms with E-state index in [4.69, 9.17) is 0 Å². The second-order valence-corrected chi connectivity index (χ2v) is 5.35. The van der Waals surface area contributed by atoms with E-state index in [1.165, 1.54) is 25.3 Å². The number of pyridine rings is 1. The number of carbonyl (C=O) groups is 1. The summed E-state index contributed by atoms with van der Waals surface area (Å²) in [5, 5.41) is 2.95. The largest absolute Gasteiger partial charge is 0.354 e. The molecule has 1 aliphatic rings. The van der Waals surface area contributed by atoms with Crippen LogP contribution in [0.2, 0.25) is 0 Å². The van der Waals surface area contributed by atoms with Crippen LogP contribution in [0.4, 0.5) is 0 Å². The number of H-pyrrole nitrogens is 1. The van der Waals surface area contributed by atoms with Gasteiger partial charge in [-0.3, -0.25) is 14.5 Å². The minimum absolute atomic E-state index is 0.0647. The van der Waals surface area contributed by atoms with E-state index < -0.39 is 0 Å². The van der Waals surface area contributed by atoms with Gasteiger partial charge in [0.2, 0.25) is 11.5 Å². The molecule has 5 nitrogen and oxygen atoms in total. The summed E-state index contributed by atoms with van der Waals surface area (Å²) in [4.78, 5) is 28.2. The third kappa shape index (κ3) is 4.20. The predicted octanol–water partition coefficient (Wildman–Crippen LogP) is 0.908. The minimum atomic E-state index is -0.101. The molecule has 20 heavy (non-hydrogen) atoms. The van der Waals surface area contributed by atoms with Gasteiger partial charge >= 0.3 is 0 Å². The van der Waals surface area contributed by atoms with Gasteiger partial charge < -0.3 is 10.3 Å². The fourth-order valence-corrected chi connectivity index (χ4v) is 2.58. The van der Waals surface area contributed by atoms with Gasteiger partial charge in [-0.1, -0.05) is 12.5 Å². The molecule has 0 aromatic carbocycles. The molecule has 2 rings (SSSR count). The van der Waals surface area contributed by atoms with Crippen LogP contribution in [0.5, 0.6) is 0 Å². The molecular formula is C15H23N3O2. The van der Waals surface area contributed by atoms with Gasteiger partial charge in [-0.15, -0.1) is 0 Å². The van der Waals surface area contributed by atoms with Crippen molar-refractivity contribution in [1.82, 2.24) is 15.2 Å². The molecule has 0 bridgehead atoms. The number of likely N-dealkylation sites (tertiary alicyclic amines) is 1. The van der Waals surface area contributed by atoms with Crippen molar-refractivity contribution in [2.75, 3.05) is 19.6 Å². The highest BCUT2D eigenvalue weighted by Gasteiger charge is 2.22. The van der Waals surface area contributed by atoms with Crippen LogP contribution in [0, 0.1) is 0 Å². The van der Waals surface area contributed by atoms with E-state index in [2.05, 4.69) is 15.2 Å². The quantitative estimate of drug-likeness (QED) is 0.840. The van der Waals surface area contributed by atoms with Gasteiger partial charge in [0.05, 0.1) is 6.04 Å². The van der Waals surface area contributed by atoms with Crippen molar-refractivity contribution in [3.8, 4) is 0 Å². The van der Waals surface area contributed by atoms with E-state index in [-0.39, 0.29) is 17.5 Å². The van der Waals surface area contributed by atoms with E-state index >= 15 is 0 Å². The van der Waals surface area contributed by atoms with Crippen LogP contribution in [0.1, 0.15) is 31.9 Å². The normalized spacial score (nSPS) is 17.6. The zero-order valence-corrected chi connectivity index (χ0v) is 12.0. The van der Waals surface area contributed by atoms with Crippen molar-refractivity contribution in [2.24, 2.45) is 0 Å². The van der Waals surface area contributed by atoms with Gasteiger partial charge in [0, 0.05) is 24.7 Å². The molecular weight excluding hydrogens is 254 g/mol. The number of hydrogen-bond donors (Lipinski definition) is 2. The van der Waals surface area contributed by atoms with Crippen molar-refractivity contribution in [2.45, 2.75) is 38.6 Å². The Morgan fingerprint density at radius 1 is 1.35 bits per heavy atom. The highest BCUT2D eigenvalue weighted by Crippen LogP contribution is 2.11. The predicted molar refractivity (Wildman–Crippen MR) is 78.7 cm³/mol.